The predicted molar refractivity (Wildman–Crippen MR) is 82.3 cm³/mol. The quantitative estimate of drug-likeness (QED) is 0.890. The van der Waals surface area contributed by atoms with Crippen molar-refractivity contribution in [3.63, 3.8) is 0 Å². The van der Waals surface area contributed by atoms with E-state index in [0.29, 0.717) is 5.41 Å². The molecule has 0 saturated heterocycles. The largest absolute Gasteiger partial charge is 0.352 e. The maximum absolute atomic E-state index is 12.3. The van der Waals surface area contributed by atoms with Gasteiger partial charge in [0.25, 0.3) is 0 Å². The summed E-state index contributed by atoms with van der Waals surface area (Å²) >= 11 is 0. The van der Waals surface area contributed by atoms with Gasteiger partial charge in [-0.05, 0) is 37.2 Å². The molecule has 1 saturated carbocycles. The fraction of sp³-hybridized carbons (Fsp3) is 0.588. The van der Waals surface area contributed by atoms with Crippen molar-refractivity contribution in [1.29, 1.82) is 0 Å². The van der Waals surface area contributed by atoms with Gasteiger partial charge >= 0.3 is 0 Å². The number of aryl methyl sites for hydroxylation is 1. The molecule has 2 atom stereocenters. The highest BCUT2D eigenvalue weighted by atomic mass is 16.2. The van der Waals surface area contributed by atoms with Crippen LogP contribution in [-0.4, -0.2) is 11.9 Å². The van der Waals surface area contributed by atoms with Crippen molar-refractivity contribution >= 4 is 5.91 Å². The molecule has 2 rings (SSSR count). The molecule has 1 aromatic rings. The molecule has 3 heteroatoms. The number of amides is 1. The Morgan fingerprint density at radius 3 is 2.60 bits per heavy atom. The lowest BCUT2D eigenvalue weighted by molar-refractivity contribution is -0.123. The van der Waals surface area contributed by atoms with Crippen molar-refractivity contribution < 1.29 is 4.79 Å². The van der Waals surface area contributed by atoms with Crippen LogP contribution in [0, 0.1) is 12.3 Å². The Morgan fingerprint density at radius 1 is 1.35 bits per heavy atom. The van der Waals surface area contributed by atoms with E-state index in [1.54, 1.807) is 0 Å². The van der Waals surface area contributed by atoms with Gasteiger partial charge in [-0.25, -0.2) is 0 Å². The second kappa shape index (κ2) is 5.96. The Bertz CT molecular complexity index is 464. The van der Waals surface area contributed by atoms with Crippen molar-refractivity contribution in [3.8, 4) is 0 Å². The van der Waals surface area contributed by atoms with Gasteiger partial charge in [0.1, 0.15) is 6.04 Å². The van der Waals surface area contributed by atoms with Gasteiger partial charge in [0, 0.05) is 6.04 Å². The van der Waals surface area contributed by atoms with Crippen LogP contribution >= 0.6 is 0 Å². The van der Waals surface area contributed by atoms with Crippen LogP contribution < -0.4 is 11.1 Å². The van der Waals surface area contributed by atoms with Crippen LogP contribution in [0.4, 0.5) is 0 Å². The minimum absolute atomic E-state index is 0.0587. The van der Waals surface area contributed by atoms with Crippen LogP contribution in [0.1, 0.15) is 56.7 Å². The Kier molecular flexibility index (Phi) is 4.48. The van der Waals surface area contributed by atoms with E-state index < -0.39 is 6.04 Å². The summed E-state index contributed by atoms with van der Waals surface area (Å²) < 4.78 is 0. The average molecular weight is 274 g/mol. The summed E-state index contributed by atoms with van der Waals surface area (Å²) in [6.45, 7) is 6.57. The third-order valence-corrected chi connectivity index (χ3v) is 4.27. The van der Waals surface area contributed by atoms with Gasteiger partial charge in [-0.1, -0.05) is 50.1 Å². The summed E-state index contributed by atoms with van der Waals surface area (Å²) in [5, 5.41) is 3.12. The lowest BCUT2D eigenvalue weighted by atomic mass is 9.75. The van der Waals surface area contributed by atoms with Crippen molar-refractivity contribution in [3.05, 3.63) is 35.4 Å². The van der Waals surface area contributed by atoms with Crippen molar-refractivity contribution in [2.75, 3.05) is 0 Å². The first-order chi connectivity index (χ1) is 9.37. The van der Waals surface area contributed by atoms with Crippen molar-refractivity contribution in [1.82, 2.24) is 5.32 Å². The van der Waals surface area contributed by atoms with Crippen LogP contribution in [0.2, 0.25) is 0 Å². The third-order valence-electron chi connectivity index (χ3n) is 4.27. The average Bonchev–Trinajstić information content (AvgIpc) is 2.37. The molecule has 0 bridgehead atoms. The van der Waals surface area contributed by atoms with E-state index in [4.69, 9.17) is 5.73 Å². The Morgan fingerprint density at radius 2 is 2.00 bits per heavy atom. The van der Waals surface area contributed by atoms with E-state index in [-0.39, 0.29) is 11.9 Å². The highest BCUT2D eigenvalue weighted by molar-refractivity contribution is 5.83. The molecule has 0 spiro atoms. The molecule has 0 aliphatic heterocycles. The van der Waals surface area contributed by atoms with Crippen molar-refractivity contribution in [2.45, 2.75) is 58.5 Å². The highest BCUT2D eigenvalue weighted by Crippen LogP contribution is 2.35. The minimum Gasteiger partial charge on any atom is -0.352 e. The molecule has 1 amide bonds. The highest BCUT2D eigenvalue weighted by Gasteiger charge is 2.29. The molecule has 3 nitrogen and oxygen atoms in total. The number of hydrogen-bond acceptors (Lipinski definition) is 2. The molecular weight excluding hydrogens is 248 g/mol. The van der Waals surface area contributed by atoms with Gasteiger partial charge < -0.3 is 11.1 Å². The van der Waals surface area contributed by atoms with E-state index in [1.165, 1.54) is 18.4 Å². The Labute approximate surface area is 121 Å². The summed E-state index contributed by atoms with van der Waals surface area (Å²) in [6.07, 6.45) is 4.52. The summed E-state index contributed by atoms with van der Waals surface area (Å²) in [6, 6.07) is 7.55. The zero-order chi connectivity index (χ0) is 14.8. The van der Waals surface area contributed by atoms with Crippen molar-refractivity contribution in [2.24, 2.45) is 11.1 Å². The zero-order valence-electron chi connectivity index (χ0n) is 12.8. The van der Waals surface area contributed by atoms with Crippen LogP contribution in [0.5, 0.6) is 0 Å². The molecule has 20 heavy (non-hydrogen) atoms. The first-order valence-electron chi connectivity index (χ1n) is 7.50. The number of nitrogens with two attached hydrogens (primary N) is 1. The van der Waals surface area contributed by atoms with Gasteiger partial charge in [-0.15, -0.1) is 0 Å². The van der Waals surface area contributed by atoms with E-state index in [1.807, 2.05) is 31.2 Å². The van der Waals surface area contributed by atoms with Crippen LogP contribution in [0.15, 0.2) is 24.3 Å². The zero-order valence-corrected chi connectivity index (χ0v) is 12.8. The Hall–Kier alpha value is -1.35. The molecule has 1 aliphatic rings. The van der Waals surface area contributed by atoms with Crippen LogP contribution in [0.3, 0.4) is 0 Å². The normalized spacial score (nSPS) is 23.1. The number of carbonyl (C=O) groups is 1. The van der Waals surface area contributed by atoms with E-state index in [9.17, 15) is 4.79 Å². The number of nitrogens with one attached hydrogen (secondary N) is 1. The first kappa shape index (κ1) is 15.0. The smallest absolute Gasteiger partial charge is 0.241 e. The molecule has 1 fully saturated rings. The number of rotatable bonds is 3. The third kappa shape index (κ3) is 3.83. The number of carbonyl (C=O) groups excluding carboxylic acids is 1. The second-order valence-corrected chi connectivity index (χ2v) is 6.85. The summed E-state index contributed by atoms with van der Waals surface area (Å²) in [5.74, 6) is -0.0587. The van der Waals surface area contributed by atoms with E-state index >= 15 is 0 Å². The second-order valence-electron chi connectivity index (χ2n) is 6.85. The van der Waals surface area contributed by atoms with Gasteiger partial charge in [0.05, 0.1) is 0 Å². The van der Waals surface area contributed by atoms with Gasteiger partial charge in [-0.3, -0.25) is 4.79 Å². The maximum Gasteiger partial charge on any atom is 0.241 e. The molecular formula is C17H26N2O. The molecule has 0 aromatic heterocycles. The predicted octanol–water partition coefficient (Wildman–Crippen LogP) is 3.08. The minimum atomic E-state index is -0.569. The number of hydrogen-bond donors (Lipinski definition) is 2. The monoisotopic (exact) mass is 274 g/mol. The summed E-state index contributed by atoms with van der Waals surface area (Å²) in [4.78, 5) is 12.3. The maximum atomic E-state index is 12.3. The fourth-order valence-electron chi connectivity index (χ4n) is 3.04. The lowest BCUT2D eigenvalue weighted by Crippen LogP contribution is -2.44. The van der Waals surface area contributed by atoms with Crippen LogP contribution in [0.25, 0.3) is 0 Å². The van der Waals surface area contributed by atoms with Crippen LogP contribution in [-0.2, 0) is 4.79 Å². The molecule has 0 radical (unpaired) electrons. The van der Waals surface area contributed by atoms with Gasteiger partial charge in [-0.2, -0.15) is 0 Å². The molecule has 0 heterocycles. The molecule has 2 unspecified atom stereocenters. The SMILES string of the molecule is Cc1ccc(C(N)C(=O)NC2CCCC(C)(C)C2)cc1. The number of benzene rings is 1. The molecule has 1 aromatic carbocycles. The van der Waals surface area contributed by atoms with Gasteiger partial charge in [0.15, 0.2) is 0 Å². The molecule has 3 N–H and O–H groups in total. The topological polar surface area (TPSA) is 55.1 Å². The molecule has 1 aliphatic carbocycles. The summed E-state index contributed by atoms with van der Waals surface area (Å²) in [7, 11) is 0. The van der Waals surface area contributed by atoms with E-state index in [2.05, 4.69) is 19.2 Å². The summed E-state index contributed by atoms with van der Waals surface area (Å²) in [5.41, 5.74) is 8.44. The van der Waals surface area contributed by atoms with E-state index in [0.717, 1.165) is 18.4 Å². The Balaban J connectivity index is 1.95. The fourth-order valence-corrected chi connectivity index (χ4v) is 3.04. The standard InChI is InChI=1S/C17H26N2O/c1-12-6-8-13(9-7-12)15(18)16(20)19-14-5-4-10-17(2,3)11-14/h6-9,14-15H,4-5,10-11,18H2,1-3H3,(H,19,20). The van der Waals surface area contributed by atoms with Gasteiger partial charge in [0.2, 0.25) is 5.91 Å². The molecule has 110 valence electrons. The lowest BCUT2D eigenvalue weighted by Gasteiger charge is -2.36. The first-order valence-corrected chi connectivity index (χ1v) is 7.50.